The third kappa shape index (κ3) is 9.52. The molecule has 0 radical (unpaired) electrons. The number of amides is 5. The van der Waals surface area contributed by atoms with Crippen molar-refractivity contribution in [2.45, 2.75) is 32.1 Å². The van der Waals surface area contributed by atoms with E-state index in [1.165, 1.54) is 27.6 Å². The van der Waals surface area contributed by atoms with Crippen molar-refractivity contribution in [3.05, 3.63) is 30.5 Å². The molecule has 43 heavy (non-hydrogen) atoms. The van der Waals surface area contributed by atoms with E-state index in [0.717, 1.165) is 0 Å². The van der Waals surface area contributed by atoms with Crippen molar-refractivity contribution in [1.82, 2.24) is 23.7 Å². The van der Waals surface area contributed by atoms with Crippen molar-refractivity contribution in [2.75, 3.05) is 33.1 Å². The molecule has 0 spiro atoms. The first-order valence-electron chi connectivity index (χ1n) is 13.0. The summed E-state index contributed by atoms with van der Waals surface area (Å²) in [5.41, 5.74) is 5.74. The Labute approximate surface area is 245 Å². The molecule has 18 nitrogen and oxygen atoms in total. The molecule has 8 N–H and O–H groups in total. The second kappa shape index (κ2) is 14.4. The van der Waals surface area contributed by atoms with Crippen LogP contribution in [0.25, 0.3) is 0 Å². The van der Waals surface area contributed by atoms with E-state index in [0.29, 0.717) is 11.5 Å². The third-order valence-corrected chi connectivity index (χ3v) is 5.79. The molecule has 0 saturated heterocycles. The molecule has 0 saturated carbocycles. The van der Waals surface area contributed by atoms with Crippen molar-refractivity contribution >= 4 is 64.6 Å². The molecule has 18 heteroatoms. The lowest BCUT2D eigenvalue weighted by Crippen LogP contribution is -2.18. The van der Waals surface area contributed by atoms with Gasteiger partial charge in [-0.25, -0.2) is 4.98 Å². The van der Waals surface area contributed by atoms with Gasteiger partial charge in [0.05, 0.1) is 12.1 Å². The number of carboxylic acid groups (broad SMARTS) is 1. The number of imidazole rings is 2. The Balaban J connectivity index is 1.48. The number of carbonyl (C=O) groups excluding carboxylic acids is 5. The molecule has 0 unspecified atom stereocenters. The predicted octanol–water partition coefficient (Wildman–Crippen LogP) is 0.192. The number of aryl methyl sites for hydroxylation is 3. The van der Waals surface area contributed by atoms with Crippen molar-refractivity contribution in [1.29, 1.82) is 0 Å². The van der Waals surface area contributed by atoms with Crippen molar-refractivity contribution in [3.8, 4) is 0 Å². The fraction of sp³-hybridized carbons (Fsp3) is 0.360. The van der Waals surface area contributed by atoms with Gasteiger partial charge in [-0.2, -0.15) is 4.98 Å². The molecular formula is C25H33N11O7. The smallest absolute Gasteiger partial charge is 0.303 e. The van der Waals surface area contributed by atoms with Crippen LogP contribution in [0.15, 0.2) is 24.7 Å². The Kier molecular flexibility index (Phi) is 10.7. The van der Waals surface area contributed by atoms with Crippen LogP contribution in [0.1, 0.15) is 42.7 Å². The molecule has 3 heterocycles. The summed E-state index contributed by atoms with van der Waals surface area (Å²) in [6, 6.07) is 1.53. The zero-order valence-corrected chi connectivity index (χ0v) is 23.8. The van der Waals surface area contributed by atoms with Gasteiger partial charge < -0.3 is 45.8 Å². The van der Waals surface area contributed by atoms with Gasteiger partial charge in [-0.15, -0.1) is 0 Å². The van der Waals surface area contributed by atoms with Crippen LogP contribution in [0.3, 0.4) is 0 Å². The van der Waals surface area contributed by atoms with Crippen LogP contribution in [-0.4, -0.2) is 70.8 Å². The maximum atomic E-state index is 12.7. The lowest BCUT2D eigenvalue weighted by Gasteiger charge is -2.06. The SMILES string of the molecule is Cn1cc(NC(=O)c2nc(NC(=O)CCN)cn2C)cc1NC(=O)CCC(=O)Nc1cn(C)c(NC(=O)CCC(=O)O)n1. The van der Waals surface area contributed by atoms with Gasteiger partial charge in [0.2, 0.25) is 35.4 Å². The van der Waals surface area contributed by atoms with E-state index in [-0.39, 0.29) is 68.0 Å². The van der Waals surface area contributed by atoms with E-state index in [1.54, 1.807) is 31.9 Å². The highest BCUT2D eigenvalue weighted by atomic mass is 16.4. The highest BCUT2D eigenvalue weighted by molar-refractivity contribution is 6.03. The van der Waals surface area contributed by atoms with Crippen LogP contribution in [-0.2, 0) is 45.1 Å². The summed E-state index contributed by atoms with van der Waals surface area (Å²) in [5.74, 6) is -2.58. The first-order valence-corrected chi connectivity index (χ1v) is 13.0. The number of aliphatic carboxylic acids is 1. The van der Waals surface area contributed by atoms with Gasteiger partial charge in [-0.3, -0.25) is 34.1 Å². The van der Waals surface area contributed by atoms with Gasteiger partial charge >= 0.3 is 5.97 Å². The summed E-state index contributed by atoms with van der Waals surface area (Å²) >= 11 is 0. The maximum Gasteiger partial charge on any atom is 0.303 e. The Morgan fingerprint density at radius 2 is 1.26 bits per heavy atom. The summed E-state index contributed by atoms with van der Waals surface area (Å²) in [5, 5.41) is 21.6. The highest BCUT2D eigenvalue weighted by Crippen LogP contribution is 2.19. The summed E-state index contributed by atoms with van der Waals surface area (Å²) in [4.78, 5) is 80.0. The first kappa shape index (κ1) is 32.0. The number of hydrogen-bond acceptors (Lipinski definition) is 9. The third-order valence-electron chi connectivity index (χ3n) is 5.79. The van der Waals surface area contributed by atoms with Gasteiger partial charge in [0, 0.05) is 78.0 Å². The molecule has 230 valence electrons. The van der Waals surface area contributed by atoms with Gasteiger partial charge in [-0.1, -0.05) is 0 Å². The molecule has 3 aromatic rings. The Hall–Kier alpha value is -5.52. The average molecular weight is 600 g/mol. The topological polar surface area (TPSA) is 249 Å². The van der Waals surface area contributed by atoms with E-state index < -0.39 is 29.6 Å². The van der Waals surface area contributed by atoms with Gasteiger partial charge in [0.15, 0.2) is 11.6 Å². The molecule has 0 fully saturated rings. The van der Waals surface area contributed by atoms with Crippen LogP contribution in [0, 0.1) is 0 Å². The summed E-state index contributed by atoms with van der Waals surface area (Å²) in [6.45, 7) is 0.180. The molecule has 0 bridgehead atoms. The molecule has 0 aliphatic rings. The molecule has 3 aromatic heterocycles. The molecule has 0 aliphatic carbocycles. The number of anilines is 5. The zero-order chi connectivity index (χ0) is 31.7. The van der Waals surface area contributed by atoms with Crippen molar-refractivity contribution in [2.24, 2.45) is 26.9 Å². The monoisotopic (exact) mass is 599 g/mol. The number of carboxylic acids is 1. The molecule has 0 aliphatic heterocycles. The fourth-order valence-corrected chi connectivity index (χ4v) is 3.71. The lowest BCUT2D eigenvalue weighted by atomic mass is 10.3. The average Bonchev–Trinajstić information content (AvgIpc) is 3.57. The predicted molar refractivity (Wildman–Crippen MR) is 154 cm³/mol. The van der Waals surface area contributed by atoms with Gasteiger partial charge in [0.1, 0.15) is 5.82 Å². The first-order chi connectivity index (χ1) is 20.3. The second-order valence-corrected chi connectivity index (χ2v) is 9.43. The van der Waals surface area contributed by atoms with Crippen molar-refractivity contribution in [3.63, 3.8) is 0 Å². The lowest BCUT2D eigenvalue weighted by molar-refractivity contribution is -0.138. The Morgan fingerprint density at radius 1 is 0.698 bits per heavy atom. The number of nitrogens with one attached hydrogen (secondary N) is 5. The van der Waals surface area contributed by atoms with E-state index in [2.05, 4.69) is 36.6 Å². The molecule has 5 amide bonds. The van der Waals surface area contributed by atoms with Crippen LogP contribution in [0.5, 0.6) is 0 Å². The standard InChI is InChI=1S/C25H33N11O7/c1-34-11-14(27-24(43)23-30-15(12-35(23)2)28-21(40)8-9-26)10-17(34)32-19(38)5-4-18(37)29-16-13-36(3)25(31-16)33-20(39)6-7-22(41)42/h10-13H,4-9,26H2,1-3H3,(H,27,43)(H,28,40)(H,29,37)(H,32,38)(H,41,42)(H,31,33,39). The zero-order valence-electron chi connectivity index (χ0n) is 23.8. The summed E-state index contributed by atoms with van der Waals surface area (Å²) in [6.07, 6.45) is 3.76. The van der Waals surface area contributed by atoms with E-state index in [1.807, 2.05) is 0 Å². The molecule has 0 aromatic carbocycles. The Morgan fingerprint density at radius 3 is 1.91 bits per heavy atom. The Bertz CT molecular complexity index is 1540. The minimum atomic E-state index is -1.10. The molecular weight excluding hydrogens is 566 g/mol. The summed E-state index contributed by atoms with van der Waals surface area (Å²) < 4.78 is 4.47. The summed E-state index contributed by atoms with van der Waals surface area (Å²) in [7, 11) is 4.84. The molecule has 3 rings (SSSR count). The van der Waals surface area contributed by atoms with Crippen molar-refractivity contribution < 1.29 is 33.9 Å². The number of nitrogens with zero attached hydrogens (tertiary/aromatic N) is 5. The van der Waals surface area contributed by atoms with E-state index in [4.69, 9.17) is 10.8 Å². The number of nitrogens with two attached hydrogens (primary N) is 1. The normalized spacial score (nSPS) is 10.6. The second-order valence-electron chi connectivity index (χ2n) is 9.43. The van der Waals surface area contributed by atoms with E-state index in [9.17, 15) is 28.8 Å². The highest BCUT2D eigenvalue weighted by Gasteiger charge is 2.18. The van der Waals surface area contributed by atoms with Crippen LogP contribution in [0.2, 0.25) is 0 Å². The van der Waals surface area contributed by atoms with Crippen LogP contribution >= 0.6 is 0 Å². The number of hydrogen-bond donors (Lipinski definition) is 7. The minimum absolute atomic E-state index is 0.0455. The number of aromatic nitrogens is 5. The minimum Gasteiger partial charge on any atom is -0.481 e. The number of carbonyl (C=O) groups is 6. The number of rotatable bonds is 14. The fourth-order valence-electron chi connectivity index (χ4n) is 3.71. The quantitative estimate of drug-likeness (QED) is 0.132. The molecule has 0 atom stereocenters. The van der Waals surface area contributed by atoms with Crippen LogP contribution in [0.4, 0.5) is 29.1 Å². The largest absolute Gasteiger partial charge is 0.481 e. The van der Waals surface area contributed by atoms with Gasteiger partial charge in [-0.05, 0) is 0 Å². The van der Waals surface area contributed by atoms with Crippen LogP contribution < -0.4 is 32.3 Å². The van der Waals surface area contributed by atoms with Gasteiger partial charge in [0.25, 0.3) is 5.91 Å². The van der Waals surface area contributed by atoms with E-state index >= 15 is 0 Å². The maximum absolute atomic E-state index is 12.7.